The van der Waals surface area contributed by atoms with Crippen molar-refractivity contribution < 1.29 is 4.42 Å². The predicted octanol–water partition coefficient (Wildman–Crippen LogP) is 6.45. The second-order valence-electron chi connectivity index (χ2n) is 7.71. The molecule has 2 aromatic heterocycles. The quantitative estimate of drug-likeness (QED) is 0.350. The Labute approximate surface area is 181 Å². The standard InChI is InChI=1S/C26H26N4O/c1-4-17-15-19(16-22-21-9-7-8-10-23(21)27-24(17)22)26-29-28-25(31-26)18-11-13-20(14-12-18)30(5-2)6-3/h7-16,27H,4-6H2,1-3H3. The second-order valence-corrected chi connectivity index (χ2v) is 7.71. The van der Waals surface area contributed by atoms with Crippen LogP contribution in [0.25, 0.3) is 44.7 Å². The first kappa shape index (κ1) is 19.4. The van der Waals surface area contributed by atoms with E-state index in [9.17, 15) is 0 Å². The van der Waals surface area contributed by atoms with Gasteiger partial charge in [0.05, 0.1) is 0 Å². The zero-order valence-electron chi connectivity index (χ0n) is 18.1. The Bertz CT molecular complexity index is 1340. The first-order valence-electron chi connectivity index (χ1n) is 10.9. The lowest BCUT2D eigenvalue weighted by atomic mass is 10.0. The monoisotopic (exact) mass is 410 g/mol. The molecule has 3 aromatic carbocycles. The molecule has 0 amide bonds. The molecule has 0 bridgehead atoms. The Balaban J connectivity index is 1.54. The maximum Gasteiger partial charge on any atom is 0.248 e. The minimum atomic E-state index is 0.540. The average molecular weight is 411 g/mol. The van der Waals surface area contributed by atoms with Gasteiger partial charge in [-0.1, -0.05) is 25.1 Å². The third-order valence-corrected chi connectivity index (χ3v) is 5.99. The summed E-state index contributed by atoms with van der Waals surface area (Å²) in [5, 5.41) is 11.1. The van der Waals surface area contributed by atoms with E-state index < -0.39 is 0 Å². The lowest BCUT2D eigenvalue weighted by Gasteiger charge is -2.20. The number of nitrogens with one attached hydrogen (secondary N) is 1. The molecule has 0 spiro atoms. The van der Waals surface area contributed by atoms with Gasteiger partial charge in [-0.2, -0.15) is 0 Å². The van der Waals surface area contributed by atoms with Crippen LogP contribution in [0.1, 0.15) is 26.3 Å². The number of rotatable bonds is 6. The van der Waals surface area contributed by atoms with E-state index in [1.165, 1.54) is 27.5 Å². The Morgan fingerprint density at radius 1 is 0.806 bits per heavy atom. The SMILES string of the molecule is CCc1cc(-c2nnc(-c3ccc(N(CC)CC)cc3)o2)cc2c1[nH]c1ccccc12. The zero-order valence-corrected chi connectivity index (χ0v) is 18.1. The molecule has 1 N–H and O–H groups in total. The van der Waals surface area contributed by atoms with Crippen LogP contribution in [-0.4, -0.2) is 28.3 Å². The Morgan fingerprint density at radius 3 is 2.23 bits per heavy atom. The van der Waals surface area contributed by atoms with E-state index in [1.807, 2.05) is 12.1 Å². The molecule has 0 atom stereocenters. The van der Waals surface area contributed by atoms with Gasteiger partial charge in [0.25, 0.3) is 0 Å². The molecule has 0 saturated heterocycles. The second kappa shape index (κ2) is 7.91. The number of H-pyrrole nitrogens is 1. The van der Waals surface area contributed by atoms with Crippen LogP contribution in [0.15, 0.2) is 65.1 Å². The zero-order chi connectivity index (χ0) is 21.4. The number of nitrogens with zero attached hydrogens (tertiary/aromatic N) is 3. The number of para-hydroxylation sites is 1. The molecular formula is C26H26N4O. The van der Waals surface area contributed by atoms with Gasteiger partial charge < -0.3 is 14.3 Å². The molecule has 156 valence electrons. The number of fused-ring (bicyclic) bond motifs is 3. The summed E-state index contributed by atoms with van der Waals surface area (Å²) in [5.41, 5.74) is 6.65. The topological polar surface area (TPSA) is 58.0 Å². The molecule has 31 heavy (non-hydrogen) atoms. The maximum atomic E-state index is 6.10. The van der Waals surface area contributed by atoms with Crippen molar-refractivity contribution >= 4 is 27.5 Å². The number of aryl methyl sites for hydroxylation is 1. The molecule has 5 aromatic rings. The van der Waals surface area contributed by atoms with Crippen LogP contribution in [0.3, 0.4) is 0 Å². The van der Waals surface area contributed by atoms with Crippen LogP contribution in [0, 0.1) is 0 Å². The molecule has 0 aliphatic heterocycles. The van der Waals surface area contributed by atoms with Gasteiger partial charge in [0, 0.05) is 51.7 Å². The molecule has 0 unspecified atom stereocenters. The molecule has 5 rings (SSSR count). The summed E-state index contributed by atoms with van der Waals surface area (Å²) in [7, 11) is 0. The van der Waals surface area contributed by atoms with Gasteiger partial charge in [0.15, 0.2) is 0 Å². The van der Waals surface area contributed by atoms with Gasteiger partial charge in [-0.15, -0.1) is 10.2 Å². The summed E-state index contributed by atoms with van der Waals surface area (Å²) in [4.78, 5) is 5.87. The first-order valence-corrected chi connectivity index (χ1v) is 10.9. The Kier molecular flexibility index (Phi) is 4.94. The van der Waals surface area contributed by atoms with E-state index in [4.69, 9.17) is 4.42 Å². The van der Waals surface area contributed by atoms with Gasteiger partial charge >= 0.3 is 0 Å². The number of benzene rings is 3. The lowest BCUT2D eigenvalue weighted by molar-refractivity contribution is 0.584. The van der Waals surface area contributed by atoms with Crippen molar-refractivity contribution in [2.75, 3.05) is 18.0 Å². The van der Waals surface area contributed by atoms with Crippen molar-refractivity contribution in [1.82, 2.24) is 15.2 Å². The minimum absolute atomic E-state index is 0.540. The summed E-state index contributed by atoms with van der Waals surface area (Å²) < 4.78 is 6.10. The Morgan fingerprint density at radius 2 is 1.52 bits per heavy atom. The Hall–Kier alpha value is -3.60. The van der Waals surface area contributed by atoms with Gasteiger partial charge in [0.1, 0.15) is 0 Å². The smallest absolute Gasteiger partial charge is 0.248 e. The molecule has 0 aliphatic rings. The van der Waals surface area contributed by atoms with E-state index in [-0.39, 0.29) is 0 Å². The van der Waals surface area contributed by atoms with Crippen LogP contribution in [-0.2, 0) is 6.42 Å². The number of aromatic amines is 1. The summed E-state index contributed by atoms with van der Waals surface area (Å²) in [6.45, 7) is 8.46. The van der Waals surface area contributed by atoms with Crippen molar-refractivity contribution in [3.63, 3.8) is 0 Å². The summed E-state index contributed by atoms with van der Waals surface area (Å²) >= 11 is 0. The highest BCUT2D eigenvalue weighted by Crippen LogP contribution is 2.33. The summed E-state index contributed by atoms with van der Waals surface area (Å²) in [6, 6.07) is 21.0. The highest BCUT2D eigenvalue weighted by atomic mass is 16.4. The predicted molar refractivity (Wildman–Crippen MR) is 127 cm³/mol. The molecule has 0 radical (unpaired) electrons. The molecule has 5 nitrogen and oxygen atoms in total. The van der Waals surface area contributed by atoms with Gasteiger partial charge in [-0.05, 0) is 68.3 Å². The van der Waals surface area contributed by atoms with Crippen LogP contribution >= 0.6 is 0 Å². The maximum absolute atomic E-state index is 6.10. The normalized spacial score (nSPS) is 11.5. The lowest BCUT2D eigenvalue weighted by Crippen LogP contribution is -2.21. The fraction of sp³-hybridized carbons (Fsp3) is 0.231. The third-order valence-electron chi connectivity index (χ3n) is 5.99. The molecular weight excluding hydrogens is 384 g/mol. The first-order chi connectivity index (χ1) is 15.2. The molecule has 0 saturated carbocycles. The molecule has 5 heteroatoms. The number of aromatic nitrogens is 3. The number of hydrogen-bond acceptors (Lipinski definition) is 4. The van der Waals surface area contributed by atoms with Gasteiger partial charge in [0.2, 0.25) is 11.8 Å². The van der Waals surface area contributed by atoms with Crippen molar-refractivity contribution in [1.29, 1.82) is 0 Å². The van der Waals surface area contributed by atoms with E-state index in [0.717, 1.165) is 36.2 Å². The summed E-state index contributed by atoms with van der Waals surface area (Å²) in [5.74, 6) is 1.09. The van der Waals surface area contributed by atoms with E-state index in [0.29, 0.717) is 11.8 Å². The largest absolute Gasteiger partial charge is 0.416 e. The third kappa shape index (κ3) is 3.36. The minimum Gasteiger partial charge on any atom is -0.416 e. The van der Waals surface area contributed by atoms with Crippen molar-refractivity contribution in [3.05, 3.63) is 66.2 Å². The fourth-order valence-corrected chi connectivity index (χ4v) is 4.29. The number of anilines is 1. The molecule has 0 fully saturated rings. The van der Waals surface area contributed by atoms with Gasteiger partial charge in [-0.3, -0.25) is 0 Å². The highest BCUT2D eigenvalue weighted by Gasteiger charge is 2.15. The van der Waals surface area contributed by atoms with Crippen molar-refractivity contribution in [2.24, 2.45) is 0 Å². The van der Waals surface area contributed by atoms with E-state index in [1.54, 1.807) is 0 Å². The molecule has 2 heterocycles. The van der Waals surface area contributed by atoms with Crippen LogP contribution in [0.5, 0.6) is 0 Å². The van der Waals surface area contributed by atoms with Gasteiger partial charge in [-0.25, -0.2) is 0 Å². The van der Waals surface area contributed by atoms with Crippen molar-refractivity contribution in [3.8, 4) is 22.9 Å². The number of hydrogen-bond donors (Lipinski definition) is 1. The van der Waals surface area contributed by atoms with Crippen LogP contribution < -0.4 is 4.90 Å². The van der Waals surface area contributed by atoms with Crippen LogP contribution in [0.2, 0.25) is 0 Å². The average Bonchev–Trinajstić information content (AvgIpc) is 3.45. The molecule has 0 aliphatic carbocycles. The fourth-order valence-electron chi connectivity index (χ4n) is 4.29. The highest BCUT2D eigenvalue weighted by molar-refractivity contribution is 6.09. The van der Waals surface area contributed by atoms with E-state index >= 15 is 0 Å². The summed E-state index contributed by atoms with van der Waals surface area (Å²) in [6.07, 6.45) is 0.922. The van der Waals surface area contributed by atoms with Crippen LogP contribution in [0.4, 0.5) is 5.69 Å². The van der Waals surface area contributed by atoms with E-state index in [2.05, 4.69) is 89.4 Å². The van der Waals surface area contributed by atoms with Crippen molar-refractivity contribution in [2.45, 2.75) is 27.2 Å².